The van der Waals surface area contributed by atoms with Crippen LogP contribution in [-0.2, 0) is 21.9 Å². The third-order valence-electron chi connectivity index (χ3n) is 4.29. The highest BCUT2D eigenvalue weighted by atomic mass is 17.2. The van der Waals surface area contributed by atoms with Crippen LogP contribution < -0.4 is 10.8 Å². The van der Waals surface area contributed by atoms with E-state index >= 15 is 0 Å². The van der Waals surface area contributed by atoms with Gasteiger partial charge in [0.2, 0.25) is 0 Å². The summed E-state index contributed by atoms with van der Waals surface area (Å²) in [7, 11) is 0. The van der Waals surface area contributed by atoms with Crippen molar-refractivity contribution in [2.75, 3.05) is 0 Å². The Labute approximate surface area is 140 Å². The second-order valence-electron chi connectivity index (χ2n) is 5.72. The highest BCUT2D eigenvalue weighted by Gasteiger charge is 2.46. The van der Waals surface area contributed by atoms with Crippen molar-refractivity contribution < 1.29 is 14.6 Å². The van der Waals surface area contributed by atoms with Crippen LogP contribution in [0, 0.1) is 0 Å². The Kier molecular flexibility index (Phi) is 3.78. The van der Waals surface area contributed by atoms with Crippen LogP contribution >= 0.6 is 0 Å². The molecule has 3 aromatic carbocycles. The fourth-order valence-electron chi connectivity index (χ4n) is 3.18. The monoisotopic (exact) mass is 319 g/mol. The van der Waals surface area contributed by atoms with Gasteiger partial charge in [0, 0.05) is 5.56 Å². The first-order valence-corrected chi connectivity index (χ1v) is 7.76. The lowest BCUT2D eigenvalue weighted by Gasteiger charge is -2.27. The molecule has 4 rings (SSSR count). The topological polar surface area (TPSA) is 53.7 Å². The van der Waals surface area contributed by atoms with Crippen molar-refractivity contribution in [3.8, 4) is 5.75 Å². The standard InChI is InChI=1S/C20H17NO3/c21-22-14-15-11-12-18-19(13-15)23-24-20(18,16-7-3-1-4-8-16)17-9-5-2-6-10-17/h1-13H,14,21H2. The normalized spacial score (nSPS) is 14.9. The fourth-order valence-corrected chi connectivity index (χ4v) is 3.18. The summed E-state index contributed by atoms with van der Waals surface area (Å²) in [5.41, 5.74) is 3.12. The van der Waals surface area contributed by atoms with Crippen LogP contribution in [0.25, 0.3) is 0 Å². The quantitative estimate of drug-likeness (QED) is 0.588. The molecule has 4 nitrogen and oxygen atoms in total. The van der Waals surface area contributed by atoms with E-state index in [4.69, 9.17) is 20.5 Å². The maximum absolute atomic E-state index is 5.94. The largest absolute Gasteiger partial charge is 0.335 e. The lowest BCUT2D eigenvalue weighted by Crippen LogP contribution is -2.29. The molecular formula is C20H17NO3. The minimum absolute atomic E-state index is 0.320. The Morgan fingerprint density at radius 2 is 1.46 bits per heavy atom. The SMILES string of the molecule is NOCc1ccc2c(c1)OOC2(c1ccccc1)c1ccccc1. The molecule has 0 saturated carbocycles. The molecule has 4 heteroatoms. The number of benzene rings is 3. The molecule has 0 fully saturated rings. The van der Waals surface area contributed by atoms with E-state index in [1.165, 1.54) is 0 Å². The van der Waals surface area contributed by atoms with Crippen LogP contribution in [-0.4, -0.2) is 0 Å². The minimum Gasteiger partial charge on any atom is -0.335 e. The molecule has 0 aromatic heterocycles. The first kappa shape index (κ1) is 14.9. The molecule has 3 aromatic rings. The molecule has 0 spiro atoms. The summed E-state index contributed by atoms with van der Waals surface area (Å²) in [5.74, 6) is 5.85. The summed E-state index contributed by atoms with van der Waals surface area (Å²) in [6, 6.07) is 26.0. The van der Waals surface area contributed by atoms with Crippen molar-refractivity contribution in [3.63, 3.8) is 0 Å². The zero-order valence-corrected chi connectivity index (χ0v) is 13.0. The van der Waals surface area contributed by atoms with Crippen LogP contribution in [0.2, 0.25) is 0 Å². The molecular weight excluding hydrogens is 302 g/mol. The smallest absolute Gasteiger partial charge is 0.194 e. The molecule has 0 atom stereocenters. The van der Waals surface area contributed by atoms with Gasteiger partial charge >= 0.3 is 0 Å². The van der Waals surface area contributed by atoms with Crippen molar-refractivity contribution in [2.45, 2.75) is 12.2 Å². The van der Waals surface area contributed by atoms with Crippen LogP contribution in [0.5, 0.6) is 5.75 Å². The van der Waals surface area contributed by atoms with E-state index in [1.54, 1.807) is 0 Å². The third-order valence-corrected chi connectivity index (χ3v) is 4.29. The summed E-state index contributed by atoms with van der Waals surface area (Å²) in [6.45, 7) is 0.320. The first-order valence-electron chi connectivity index (χ1n) is 7.76. The molecule has 120 valence electrons. The van der Waals surface area contributed by atoms with Gasteiger partial charge in [-0.3, -0.25) is 4.84 Å². The predicted molar refractivity (Wildman–Crippen MR) is 89.9 cm³/mol. The number of hydrogen-bond acceptors (Lipinski definition) is 4. The summed E-state index contributed by atoms with van der Waals surface area (Å²) in [6.07, 6.45) is 0. The molecule has 0 amide bonds. The van der Waals surface area contributed by atoms with E-state index < -0.39 is 5.60 Å². The highest BCUT2D eigenvalue weighted by molar-refractivity contribution is 5.55. The lowest BCUT2D eigenvalue weighted by molar-refractivity contribution is -0.244. The van der Waals surface area contributed by atoms with Gasteiger partial charge in [0.15, 0.2) is 11.4 Å². The average molecular weight is 319 g/mol. The van der Waals surface area contributed by atoms with Gasteiger partial charge in [-0.2, -0.15) is 4.89 Å². The van der Waals surface area contributed by atoms with Gasteiger partial charge in [-0.15, -0.1) is 0 Å². The Bertz CT molecular complexity index is 795. The van der Waals surface area contributed by atoms with Crippen molar-refractivity contribution >= 4 is 0 Å². The molecule has 1 aliphatic heterocycles. The van der Waals surface area contributed by atoms with E-state index in [0.717, 1.165) is 22.3 Å². The van der Waals surface area contributed by atoms with Crippen LogP contribution in [0.1, 0.15) is 22.3 Å². The lowest BCUT2D eigenvalue weighted by atomic mass is 9.80. The van der Waals surface area contributed by atoms with Gasteiger partial charge < -0.3 is 4.89 Å². The zero-order valence-electron chi connectivity index (χ0n) is 13.0. The fraction of sp³-hybridized carbons (Fsp3) is 0.100. The Balaban J connectivity index is 1.92. The second kappa shape index (κ2) is 6.09. The summed E-state index contributed by atoms with van der Waals surface area (Å²) in [4.78, 5) is 16.3. The van der Waals surface area contributed by atoms with Gasteiger partial charge in [0.1, 0.15) is 0 Å². The second-order valence-corrected chi connectivity index (χ2v) is 5.72. The Morgan fingerprint density at radius 3 is 2.04 bits per heavy atom. The Hall–Kier alpha value is -2.66. The molecule has 1 aliphatic rings. The highest BCUT2D eigenvalue weighted by Crippen LogP contribution is 2.49. The van der Waals surface area contributed by atoms with Crippen LogP contribution in [0.15, 0.2) is 78.9 Å². The predicted octanol–water partition coefficient (Wildman–Crippen LogP) is 3.69. The zero-order chi connectivity index (χ0) is 16.4. The summed E-state index contributed by atoms with van der Waals surface area (Å²) in [5, 5.41) is 0. The third kappa shape index (κ3) is 2.29. The van der Waals surface area contributed by atoms with Gasteiger partial charge in [-0.1, -0.05) is 72.8 Å². The van der Waals surface area contributed by atoms with Crippen molar-refractivity contribution in [1.82, 2.24) is 0 Å². The molecule has 0 bridgehead atoms. The van der Waals surface area contributed by atoms with Gasteiger partial charge in [-0.05, 0) is 22.8 Å². The molecule has 2 N–H and O–H groups in total. The Morgan fingerprint density at radius 1 is 0.833 bits per heavy atom. The number of fused-ring (bicyclic) bond motifs is 1. The van der Waals surface area contributed by atoms with E-state index in [9.17, 15) is 0 Å². The van der Waals surface area contributed by atoms with Crippen molar-refractivity contribution in [3.05, 3.63) is 101 Å². The summed E-state index contributed by atoms with van der Waals surface area (Å²) < 4.78 is 0. The van der Waals surface area contributed by atoms with Crippen molar-refractivity contribution in [2.24, 2.45) is 5.90 Å². The summed E-state index contributed by atoms with van der Waals surface area (Å²) >= 11 is 0. The number of nitrogens with two attached hydrogens (primary N) is 1. The maximum atomic E-state index is 5.94. The average Bonchev–Trinajstić information content (AvgIpc) is 3.03. The molecule has 0 saturated heterocycles. The van der Waals surface area contributed by atoms with Gasteiger partial charge in [-0.25, -0.2) is 5.90 Å². The number of rotatable bonds is 4. The van der Waals surface area contributed by atoms with E-state index in [2.05, 4.69) is 0 Å². The van der Waals surface area contributed by atoms with Gasteiger partial charge in [0.05, 0.1) is 6.61 Å². The van der Waals surface area contributed by atoms with E-state index in [-0.39, 0.29) is 0 Å². The van der Waals surface area contributed by atoms with E-state index in [0.29, 0.717) is 12.4 Å². The maximum Gasteiger partial charge on any atom is 0.194 e. The number of hydrogen-bond donors (Lipinski definition) is 1. The molecule has 0 unspecified atom stereocenters. The minimum atomic E-state index is -0.792. The first-order chi connectivity index (χ1) is 11.8. The van der Waals surface area contributed by atoms with Crippen LogP contribution in [0.3, 0.4) is 0 Å². The molecule has 24 heavy (non-hydrogen) atoms. The van der Waals surface area contributed by atoms with Gasteiger partial charge in [0.25, 0.3) is 0 Å². The van der Waals surface area contributed by atoms with Crippen molar-refractivity contribution in [1.29, 1.82) is 0 Å². The molecule has 0 radical (unpaired) electrons. The molecule has 0 aliphatic carbocycles. The van der Waals surface area contributed by atoms with E-state index in [1.807, 2.05) is 78.9 Å². The van der Waals surface area contributed by atoms with Crippen LogP contribution in [0.4, 0.5) is 0 Å². The molecule has 1 heterocycles.